The maximum absolute atomic E-state index is 15.1. The Morgan fingerprint density at radius 1 is 1.00 bits per heavy atom. The van der Waals surface area contributed by atoms with Gasteiger partial charge in [-0.25, -0.2) is 0 Å². The van der Waals surface area contributed by atoms with Crippen LogP contribution in [0.2, 0.25) is 5.02 Å². The predicted octanol–water partition coefficient (Wildman–Crippen LogP) is 9.31. The van der Waals surface area contributed by atoms with Gasteiger partial charge in [-0.3, -0.25) is 9.69 Å². The molecule has 9 atom stereocenters. The molecule has 2 bridgehead atoms. The number of alkyl halides is 3. The molecule has 1 heterocycles. The average molecular weight is 852 g/mol. The molecule has 3 aromatic rings. The Hall–Kier alpha value is -3.29. The standard InChI is InChI=1S/C48H57ClF3NO7/c1-43-17-14-33(54)25-45(43)20-21-47(36(26-45)42(56)39-13-12-38(60-39)35-24-32(48(50,51)52)10-11-37(35)49)40(43)15-18-44(2)41(47)16-19-46(44,57)30-53(22-7-23-58-3)27-34(55)29-59-28-31-8-5-4-6-9-31/h4-6,8-13,20-21,24,26,33-34,40-41,54-55,57H,7,14-19,22-23,25,27-30H2,1-3H3/t33?,34-,40-,41-,43-,44+,45+,46-,47-/m1/s1. The number of rotatable bonds is 15. The summed E-state index contributed by atoms with van der Waals surface area (Å²) in [5.41, 5.74) is -2.67. The zero-order valence-electron chi connectivity index (χ0n) is 34.6. The number of nitrogens with zero attached hydrogens (tertiary/aromatic N) is 1. The van der Waals surface area contributed by atoms with Crippen molar-refractivity contribution in [2.75, 3.05) is 40.0 Å². The molecule has 8 nitrogen and oxygen atoms in total. The van der Waals surface area contributed by atoms with Crippen LogP contribution in [0.3, 0.4) is 0 Å². The summed E-state index contributed by atoms with van der Waals surface area (Å²) in [6, 6.07) is 15.8. The molecule has 60 heavy (non-hydrogen) atoms. The van der Waals surface area contributed by atoms with Crippen molar-refractivity contribution in [1.82, 2.24) is 4.90 Å². The molecule has 6 aliphatic rings. The van der Waals surface area contributed by atoms with Crippen LogP contribution in [-0.2, 0) is 22.3 Å². The first-order valence-corrected chi connectivity index (χ1v) is 21.7. The molecule has 0 amide bonds. The highest BCUT2D eigenvalue weighted by Gasteiger charge is 2.74. The van der Waals surface area contributed by atoms with Gasteiger partial charge in [-0.05, 0) is 105 Å². The van der Waals surface area contributed by atoms with E-state index in [0.717, 1.165) is 37.0 Å². The van der Waals surface area contributed by atoms with E-state index in [-0.39, 0.29) is 51.7 Å². The molecule has 0 radical (unpaired) electrons. The summed E-state index contributed by atoms with van der Waals surface area (Å²) >= 11 is 6.40. The number of aliphatic hydroxyl groups excluding tert-OH is 2. The van der Waals surface area contributed by atoms with E-state index < -0.39 is 45.8 Å². The van der Waals surface area contributed by atoms with Crippen molar-refractivity contribution in [2.45, 2.75) is 95.8 Å². The van der Waals surface area contributed by atoms with Crippen molar-refractivity contribution in [3.63, 3.8) is 0 Å². The minimum atomic E-state index is -4.59. The minimum Gasteiger partial charge on any atom is -0.453 e. The zero-order chi connectivity index (χ0) is 42.7. The third-order valence-electron chi connectivity index (χ3n) is 15.5. The SMILES string of the molecule is COCCCN(C[C@@H](O)COCc1ccccc1)C[C@]1(O)CC[C@H]2[C@]34C=C[C@@]5(C=C3C(=O)c3ccc(-c6cc(C(F)(F)F)ccc6Cl)o3)CC(O)CC[C@]5(C)[C@H]4CC[C@@]21C. The van der Waals surface area contributed by atoms with Crippen LogP contribution < -0.4 is 0 Å². The number of ether oxygens (including phenoxy) is 2. The van der Waals surface area contributed by atoms with E-state index in [4.69, 9.17) is 25.5 Å². The quantitative estimate of drug-likeness (QED) is 0.0789. The second-order valence-electron chi connectivity index (χ2n) is 18.7. The van der Waals surface area contributed by atoms with Crippen molar-refractivity contribution < 1.29 is 47.2 Å². The van der Waals surface area contributed by atoms with E-state index in [2.05, 4.69) is 37.0 Å². The van der Waals surface area contributed by atoms with Crippen molar-refractivity contribution in [1.29, 1.82) is 0 Å². The van der Waals surface area contributed by atoms with Gasteiger partial charge in [0.2, 0.25) is 5.78 Å². The smallest absolute Gasteiger partial charge is 0.416 e. The Kier molecular flexibility index (Phi) is 11.6. The lowest BCUT2D eigenvalue weighted by Crippen LogP contribution is -2.67. The number of allylic oxidation sites excluding steroid dienone is 4. The summed E-state index contributed by atoms with van der Waals surface area (Å²) in [5.74, 6) is -0.405. The normalized spacial score (nSPS) is 33.6. The van der Waals surface area contributed by atoms with Gasteiger partial charge in [-0.2, -0.15) is 13.2 Å². The van der Waals surface area contributed by atoms with E-state index in [1.165, 1.54) is 18.2 Å². The third-order valence-corrected chi connectivity index (χ3v) is 15.9. The van der Waals surface area contributed by atoms with E-state index in [9.17, 15) is 28.5 Å². The maximum atomic E-state index is 15.1. The molecule has 3 N–H and O–H groups in total. The monoisotopic (exact) mass is 851 g/mol. The third kappa shape index (κ3) is 7.23. The Morgan fingerprint density at radius 2 is 1.73 bits per heavy atom. The maximum Gasteiger partial charge on any atom is 0.416 e. The molecule has 2 spiro atoms. The van der Waals surface area contributed by atoms with Crippen molar-refractivity contribution in [3.05, 3.63) is 106 Å². The minimum absolute atomic E-state index is 0.00147. The van der Waals surface area contributed by atoms with E-state index in [0.29, 0.717) is 70.5 Å². The van der Waals surface area contributed by atoms with Gasteiger partial charge in [0, 0.05) is 60.7 Å². The Balaban J connectivity index is 1.11. The first-order chi connectivity index (χ1) is 28.5. The lowest BCUT2D eigenvalue weighted by molar-refractivity contribution is -0.177. The largest absolute Gasteiger partial charge is 0.453 e. The van der Waals surface area contributed by atoms with Crippen LogP contribution in [0.5, 0.6) is 0 Å². The van der Waals surface area contributed by atoms with E-state index in [1.54, 1.807) is 7.11 Å². The lowest BCUT2D eigenvalue weighted by atomic mass is 9.32. The number of aliphatic hydroxyl groups is 3. The van der Waals surface area contributed by atoms with E-state index >= 15 is 4.79 Å². The summed E-state index contributed by atoms with van der Waals surface area (Å²) in [4.78, 5) is 17.3. The molecular weight excluding hydrogens is 795 g/mol. The molecule has 2 aromatic carbocycles. The number of benzene rings is 2. The molecule has 1 unspecified atom stereocenters. The highest BCUT2D eigenvalue weighted by Crippen LogP contribution is 2.78. The Labute approximate surface area is 355 Å². The number of hydrogen-bond donors (Lipinski definition) is 3. The van der Waals surface area contributed by atoms with Gasteiger partial charge in [-0.15, -0.1) is 0 Å². The molecular formula is C48H57ClF3NO7. The van der Waals surface area contributed by atoms with Crippen LogP contribution in [0, 0.1) is 33.5 Å². The lowest BCUT2D eigenvalue weighted by Gasteiger charge is -2.71. The van der Waals surface area contributed by atoms with Gasteiger partial charge < -0.3 is 29.2 Å². The number of halogens is 4. The fourth-order valence-corrected chi connectivity index (χ4v) is 12.7. The number of methoxy groups -OCH3 is 1. The topological polar surface area (TPSA) is 113 Å². The highest BCUT2D eigenvalue weighted by molar-refractivity contribution is 6.33. The van der Waals surface area contributed by atoms with Crippen LogP contribution in [0.4, 0.5) is 13.2 Å². The van der Waals surface area contributed by atoms with Crippen molar-refractivity contribution >= 4 is 17.4 Å². The molecule has 3 saturated carbocycles. The number of hydrogen-bond acceptors (Lipinski definition) is 8. The number of fused-ring (bicyclic) bond motifs is 1. The summed E-state index contributed by atoms with van der Waals surface area (Å²) in [6.45, 7) is 6.76. The molecule has 9 rings (SSSR count). The Morgan fingerprint density at radius 3 is 2.48 bits per heavy atom. The van der Waals surface area contributed by atoms with Gasteiger partial charge in [-0.1, -0.05) is 74.0 Å². The molecule has 0 saturated heterocycles. The van der Waals surface area contributed by atoms with Crippen molar-refractivity contribution in [3.8, 4) is 11.3 Å². The zero-order valence-corrected chi connectivity index (χ0v) is 35.4. The second-order valence-corrected chi connectivity index (χ2v) is 19.1. The van der Waals surface area contributed by atoms with Crippen LogP contribution in [0.25, 0.3) is 11.3 Å². The molecule has 0 aliphatic heterocycles. The average Bonchev–Trinajstić information content (AvgIpc) is 3.80. The summed E-state index contributed by atoms with van der Waals surface area (Å²) in [7, 11) is 1.66. The van der Waals surface area contributed by atoms with Crippen LogP contribution in [0.15, 0.2) is 88.9 Å². The predicted molar refractivity (Wildman–Crippen MR) is 222 cm³/mol. The van der Waals surface area contributed by atoms with E-state index in [1.807, 2.05) is 30.3 Å². The second kappa shape index (κ2) is 16.1. The van der Waals surface area contributed by atoms with Crippen LogP contribution >= 0.6 is 11.6 Å². The fourth-order valence-electron chi connectivity index (χ4n) is 12.5. The van der Waals surface area contributed by atoms with Gasteiger partial charge in [0.15, 0.2) is 5.76 Å². The molecule has 324 valence electrons. The molecule has 3 fully saturated rings. The van der Waals surface area contributed by atoms with Crippen molar-refractivity contribution in [2.24, 2.45) is 33.5 Å². The first kappa shape index (κ1) is 43.4. The Bertz CT molecular complexity index is 2120. The van der Waals surface area contributed by atoms with Crippen LogP contribution in [-0.4, -0.2) is 83.8 Å². The van der Waals surface area contributed by atoms with Gasteiger partial charge in [0.25, 0.3) is 0 Å². The van der Waals surface area contributed by atoms with Gasteiger partial charge in [0.05, 0.1) is 41.6 Å². The summed E-state index contributed by atoms with van der Waals surface area (Å²) < 4.78 is 58.6. The number of carbonyl (C=O) groups excluding carboxylic acids is 1. The number of carbonyl (C=O) groups is 1. The number of ketones is 1. The molecule has 6 aliphatic carbocycles. The molecule has 1 aromatic heterocycles. The molecule has 12 heteroatoms. The first-order valence-electron chi connectivity index (χ1n) is 21.4. The number of Topliss-reactive ketones (excluding diaryl/α,β-unsaturated/α-hetero) is 1. The van der Waals surface area contributed by atoms with Crippen LogP contribution in [0.1, 0.15) is 86.9 Å². The summed E-state index contributed by atoms with van der Waals surface area (Å²) in [5, 5.41) is 35.5. The highest BCUT2D eigenvalue weighted by atomic mass is 35.5. The van der Waals surface area contributed by atoms with Gasteiger partial charge in [0.1, 0.15) is 5.76 Å². The van der Waals surface area contributed by atoms with Gasteiger partial charge >= 0.3 is 6.18 Å². The number of furan rings is 1. The summed E-state index contributed by atoms with van der Waals surface area (Å²) in [6.07, 6.45) is 5.89. The fraction of sp³-hybridized carbons (Fsp3) is 0.562.